The summed E-state index contributed by atoms with van der Waals surface area (Å²) in [5.41, 5.74) is 5.72. The molecule has 1 amide bonds. The monoisotopic (exact) mass is 397 g/mol. The molecule has 0 saturated heterocycles. The SMILES string of the molecule is Cc1cc(C)c(NC(=O)c2cccc3c(=O)c(C)c(-c4ccccc4)oc23)c(C)c1. The van der Waals surface area contributed by atoms with E-state index in [9.17, 15) is 9.59 Å². The first-order valence-electron chi connectivity index (χ1n) is 9.88. The molecule has 1 N–H and O–H groups in total. The van der Waals surface area contributed by atoms with Gasteiger partial charge in [-0.25, -0.2) is 0 Å². The van der Waals surface area contributed by atoms with Gasteiger partial charge in [0.1, 0.15) is 5.76 Å². The maximum absolute atomic E-state index is 13.2. The molecule has 0 radical (unpaired) electrons. The molecule has 0 bridgehead atoms. The highest BCUT2D eigenvalue weighted by Gasteiger charge is 2.19. The normalized spacial score (nSPS) is 10.9. The van der Waals surface area contributed by atoms with Gasteiger partial charge in [-0.1, -0.05) is 54.1 Å². The Hall–Kier alpha value is -3.66. The number of amides is 1. The van der Waals surface area contributed by atoms with Gasteiger partial charge in [-0.05, 0) is 51.0 Å². The maximum Gasteiger partial charge on any atom is 0.259 e. The van der Waals surface area contributed by atoms with Gasteiger partial charge in [-0.3, -0.25) is 9.59 Å². The third kappa shape index (κ3) is 3.41. The molecule has 150 valence electrons. The second-order valence-corrected chi connectivity index (χ2v) is 7.66. The van der Waals surface area contributed by atoms with Gasteiger partial charge in [0.15, 0.2) is 11.0 Å². The van der Waals surface area contributed by atoms with Gasteiger partial charge < -0.3 is 9.73 Å². The van der Waals surface area contributed by atoms with Gasteiger partial charge in [0.25, 0.3) is 5.91 Å². The van der Waals surface area contributed by atoms with E-state index in [-0.39, 0.29) is 11.3 Å². The Balaban J connectivity index is 1.87. The Bertz CT molecular complexity index is 1310. The Kier molecular flexibility index (Phi) is 5.00. The summed E-state index contributed by atoms with van der Waals surface area (Å²) in [6, 6.07) is 18.6. The first kappa shape index (κ1) is 19.6. The van der Waals surface area contributed by atoms with Crippen LogP contribution in [0.1, 0.15) is 32.6 Å². The molecule has 0 fully saturated rings. The summed E-state index contributed by atoms with van der Waals surface area (Å²) in [7, 11) is 0. The largest absolute Gasteiger partial charge is 0.455 e. The summed E-state index contributed by atoms with van der Waals surface area (Å²) in [4.78, 5) is 26.2. The number of carbonyl (C=O) groups is 1. The van der Waals surface area contributed by atoms with Gasteiger partial charge in [0.2, 0.25) is 0 Å². The van der Waals surface area contributed by atoms with Gasteiger partial charge in [-0.15, -0.1) is 0 Å². The predicted molar refractivity (Wildman–Crippen MR) is 121 cm³/mol. The Morgan fingerprint density at radius 3 is 2.20 bits per heavy atom. The predicted octanol–water partition coefficient (Wildman–Crippen LogP) is 5.95. The third-order valence-electron chi connectivity index (χ3n) is 5.34. The van der Waals surface area contributed by atoms with Crippen LogP contribution in [0.2, 0.25) is 0 Å². The van der Waals surface area contributed by atoms with Gasteiger partial charge in [0, 0.05) is 16.8 Å². The standard InChI is InChI=1S/C26H23NO3/c1-15-13-16(2)22(17(3)14-15)27-26(29)21-12-8-11-20-23(28)18(4)24(30-25(20)21)19-9-6-5-7-10-19/h5-14H,1-4H3,(H,27,29). The number of aryl methyl sites for hydroxylation is 3. The van der Waals surface area contributed by atoms with Crippen molar-refractivity contribution < 1.29 is 9.21 Å². The average molecular weight is 397 g/mol. The molecule has 4 rings (SSSR count). The van der Waals surface area contributed by atoms with Crippen LogP contribution < -0.4 is 10.7 Å². The fourth-order valence-corrected chi connectivity index (χ4v) is 3.91. The number of para-hydroxylation sites is 1. The van der Waals surface area contributed by atoms with Crippen LogP contribution in [0.5, 0.6) is 0 Å². The molecule has 1 heterocycles. The summed E-state index contributed by atoms with van der Waals surface area (Å²) in [6.45, 7) is 7.71. The van der Waals surface area contributed by atoms with Gasteiger partial charge >= 0.3 is 0 Å². The minimum atomic E-state index is -0.304. The van der Waals surface area contributed by atoms with Crippen LogP contribution in [0.25, 0.3) is 22.3 Å². The molecule has 3 aromatic carbocycles. The first-order chi connectivity index (χ1) is 14.4. The lowest BCUT2D eigenvalue weighted by molar-refractivity contribution is 0.102. The molecule has 4 aromatic rings. The van der Waals surface area contributed by atoms with Crippen molar-refractivity contribution in [2.24, 2.45) is 0 Å². The van der Waals surface area contributed by atoms with E-state index in [2.05, 4.69) is 5.32 Å². The van der Waals surface area contributed by atoms with Crippen molar-refractivity contribution in [3.8, 4) is 11.3 Å². The molecule has 4 heteroatoms. The van der Waals surface area contributed by atoms with Crippen molar-refractivity contribution in [2.75, 3.05) is 5.32 Å². The number of hydrogen-bond acceptors (Lipinski definition) is 3. The van der Waals surface area contributed by atoms with E-state index in [1.165, 1.54) is 0 Å². The van der Waals surface area contributed by atoms with Crippen molar-refractivity contribution in [3.63, 3.8) is 0 Å². The van der Waals surface area contributed by atoms with E-state index >= 15 is 0 Å². The third-order valence-corrected chi connectivity index (χ3v) is 5.34. The molecule has 0 atom stereocenters. The molecular weight excluding hydrogens is 374 g/mol. The summed E-state index contributed by atoms with van der Waals surface area (Å²) in [5.74, 6) is 0.178. The van der Waals surface area contributed by atoms with Crippen LogP contribution in [-0.2, 0) is 0 Å². The van der Waals surface area contributed by atoms with Gasteiger partial charge in [0.05, 0.1) is 10.9 Å². The average Bonchev–Trinajstić information content (AvgIpc) is 2.73. The van der Waals surface area contributed by atoms with Crippen LogP contribution in [0, 0.1) is 27.7 Å². The molecule has 0 spiro atoms. The van der Waals surface area contributed by atoms with E-state index in [1.807, 2.05) is 63.2 Å². The Morgan fingerprint density at radius 2 is 1.53 bits per heavy atom. The smallest absolute Gasteiger partial charge is 0.259 e. The molecule has 0 unspecified atom stereocenters. The molecule has 0 aliphatic rings. The molecule has 0 saturated carbocycles. The second kappa shape index (κ2) is 7.64. The quantitative estimate of drug-likeness (QED) is 0.465. The first-order valence-corrected chi connectivity index (χ1v) is 9.88. The van der Waals surface area contributed by atoms with Crippen LogP contribution >= 0.6 is 0 Å². The lowest BCUT2D eigenvalue weighted by Crippen LogP contribution is -2.16. The lowest BCUT2D eigenvalue weighted by atomic mass is 10.0. The summed E-state index contributed by atoms with van der Waals surface area (Å²) >= 11 is 0. The topological polar surface area (TPSA) is 59.3 Å². The number of hydrogen-bond donors (Lipinski definition) is 1. The van der Waals surface area contributed by atoms with Crippen LogP contribution in [0.15, 0.2) is 69.9 Å². The number of nitrogens with one attached hydrogen (secondary N) is 1. The van der Waals surface area contributed by atoms with Crippen molar-refractivity contribution in [3.05, 3.63) is 98.7 Å². The number of carbonyl (C=O) groups excluding carboxylic acids is 1. The zero-order chi connectivity index (χ0) is 21.4. The fourth-order valence-electron chi connectivity index (χ4n) is 3.91. The van der Waals surface area contributed by atoms with E-state index < -0.39 is 0 Å². The van der Waals surface area contributed by atoms with E-state index in [4.69, 9.17) is 4.42 Å². The van der Waals surface area contributed by atoms with Crippen molar-refractivity contribution in [1.29, 1.82) is 0 Å². The van der Waals surface area contributed by atoms with Crippen molar-refractivity contribution in [2.45, 2.75) is 27.7 Å². The number of fused-ring (bicyclic) bond motifs is 1. The van der Waals surface area contributed by atoms with Crippen molar-refractivity contribution in [1.82, 2.24) is 0 Å². The van der Waals surface area contributed by atoms with Crippen molar-refractivity contribution >= 4 is 22.6 Å². The molecular formula is C26H23NO3. The van der Waals surface area contributed by atoms with E-state index in [1.54, 1.807) is 25.1 Å². The molecule has 0 aliphatic heterocycles. The molecule has 0 aliphatic carbocycles. The van der Waals surface area contributed by atoms with E-state index in [0.29, 0.717) is 27.9 Å². The number of rotatable bonds is 3. The highest BCUT2D eigenvalue weighted by Crippen LogP contribution is 2.28. The summed E-state index contributed by atoms with van der Waals surface area (Å²) < 4.78 is 6.17. The molecule has 1 aromatic heterocycles. The molecule has 4 nitrogen and oxygen atoms in total. The van der Waals surface area contributed by atoms with Crippen LogP contribution in [-0.4, -0.2) is 5.91 Å². The van der Waals surface area contributed by atoms with Crippen LogP contribution in [0.3, 0.4) is 0 Å². The second-order valence-electron chi connectivity index (χ2n) is 7.66. The van der Waals surface area contributed by atoms with Gasteiger partial charge in [-0.2, -0.15) is 0 Å². The Morgan fingerprint density at radius 1 is 0.867 bits per heavy atom. The zero-order valence-electron chi connectivity index (χ0n) is 17.5. The Labute approximate surface area is 175 Å². The minimum Gasteiger partial charge on any atom is -0.455 e. The van der Waals surface area contributed by atoms with Crippen LogP contribution in [0.4, 0.5) is 5.69 Å². The summed E-state index contributed by atoms with van der Waals surface area (Å²) in [6.07, 6.45) is 0. The summed E-state index contributed by atoms with van der Waals surface area (Å²) in [5, 5.41) is 3.41. The molecule has 30 heavy (non-hydrogen) atoms. The lowest BCUT2D eigenvalue weighted by Gasteiger charge is -2.14. The minimum absolute atomic E-state index is 0.132. The zero-order valence-corrected chi connectivity index (χ0v) is 17.5. The highest BCUT2D eigenvalue weighted by molar-refractivity contribution is 6.12. The van der Waals surface area contributed by atoms with E-state index in [0.717, 1.165) is 27.9 Å². The fraction of sp³-hybridized carbons (Fsp3) is 0.154. The number of anilines is 1. The highest BCUT2D eigenvalue weighted by atomic mass is 16.3. The maximum atomic E-state index is 13.2. The number of benzene rings is 3.